The van der Waals surface area contributed by atoms with Gasteiger partial charge in [-0.3, -0.25) is 9.78 Å². The van der Waals surface area contributed by atoms with Gasteiger partial charge < -0.3 is 19.7 Å². The van der Waals surface area contributed by atoms with Crippen LogP contribution in [-0.2, 0) is 0 Å². The summed E-state index contributed by atoms with van der Waals surface area (Å²) < 4.78 is 6.15. The lowest BCUT2D eigenvalue weighted by Crippen LogP contribution is -2.42. The van der Waals surface area contributed by atoms with E-state index in [0.29, 0.717) is 37.0 Å². The summed E-state index contributed by atoms with van der Waals surface area (Å²) in [6.07, 6.45) is 2.27. The zero-order valence-corrected chi connectivity index (χ0v) is 17.2. The number of aliphatic hydroxyl groups excluding tert-OH is 1. The third-order valence-electron chi connectivity index (χ3n) is 6.45. The number of hydrogen-bond donors (Lipinski definition) is 2. The fourth-order valence-corrected chi connectivity index (χ4v) is 4.89. The van der Waals surface area contributed by atoms with E-state index >= 15 is 0 Å². The van der Waals surface area contributed by atoms with E-state index in [1.165, 1.54) is 0 Å². The van der Waals surface area contributed by atoms with E-state index in [4.69, 9.17) is 4.74 Å². The highest BCUT2D eigenvalue weighted by Gasteiger charge is 2.44. The standard InChI is InChI=1S/C23H26N4O3/c1-13-5-6-20(14(2)25-13)30-21-10-17-12-27(11-16(17)9-19(21)28)23(29)18-8-15-4-3-7-24-22(15)26-18/h3-8,16-17,19,21,28H,9-12H2,1-2H3,(H,24,26)/t16-,17+,19+,21+/m0/s1. The van der Waals surface area contributed by atoms with Gasteiger partial charge in [-0.2, -0.15) is 0 Å². The first-order chi connectivity index (χ1) is 14.5. The van der Waals surface area contributed by atoms with Gasteiger partial charge in [0, 0.05) is 30.4 Å². The van der Waals surface area contributed by atoms with Crippen LogP contribution in [0.1, 0.15) is 34.7 Å². The Morgan fingerprint density at radius 2 is 2.00 bits per heavy atom. The predicted octanol–water partition coefficient (Wildman–Crippen LogP) is 2.87. The van der Waals surface area contributed by atoms with Gasteiger partial charge in [0.15, 0.2) is 0 Å². The predicted molar refractivity (Wildman–Crippen MR) is 112 cm³/mol. The first-order valence-electron chi connectivity index (χ1n) is 10.5. The Kier molecular flexibility index (Phi) is 4.70. The molecule has 1 aliphatic heterocycles. The van der Waals surface area contributed by atoms with Crippen LogP contribution in [0.4, 0.5) is 0 Å². The number of pyridine rings is 2. The Labute approximate surface area is 175 Å². The maximum atomic E-state index is 13.1. The van der Waals surface area contributed by atoms with Crippen molar-refractivity contribution < 1.29 is 14.6 Å². The molecular formula is C23H26N4O3. The van der Waals surface area contributed by atoms with Crippen LogP contribution in [0.25, 0.3) is 11.0 Å². The van der Waals surface area contributed by atoms with Crippen molar-refractivity contribution in [2.45, 2.75) is 38.9 Å². The third kappa shape index (κ3) is 3.43. The number of nitrogens with zero attached hydrogens (tertiary/aromatic N) is 3. The molecule has 5 rings (SSSR count). The largest absolute Gasteiger partial charge is 0.486 e. The van der Waals surface area contributed by atoms with Crippen molar-refractivity contribution in [3.05, 3.63) is 53.6 Å². The molecule has 0 unspecified atom stereocenters. The lowest BCUT2D eigenvalue weighted by Gasteiger charge is -2.35. The maximum absolute atomic E-state index is 13.1. The number of aryl methyl sites for hydroxylation is 2. The van der Waals surface area contributed by atoms with Crippen LogP contribution in [-0.4, -0.2) is 56.2 Å². The summed E-state index contributed by atoms with van der Waals surface area (Å²) in [4.78, 5) is 26.8. The number of nitrogens with one attached hydrogen (secondary N) is 1. The highest BCUT2D eigenvalue weighted by Crippen LogP contribution is 2.38. The molecule has 1 saturated heterocycles. The summed E-state index contributed by atoms with van der Waals surface area (Å²) in [5.41, 5.74) is 3.07. The molecule has 4 heterocycles. The van der Waals surface area contributed by atoms with E-state index in [2.05, 4.69) is 15.0 Å². The Bertz CT molecular complexity index is 1060. The quantitative estimate of drug-likeness (QED) is 0.698. The van der Waals surface area contributed by atoms with Crippen molar-refractivity contribution in [3.8, 4) is 5.75 Å². The maximum Gasteiger partial charge on any atom is 0.270 e. The van der Waals surface area contributed by atoms with Crippen LogP contribution in [0.2, 0.25) is 0 Å². The second-order valence-corrected chi connectivity index (χ2v) is 8.59. The molecule has 3 aromatic rings. The Hall–Kier alpha value is -2.93. The molecule has 7 nitrogen and oxygen atoms in total. The van der Waals surface area contributed by atoms with Gasteiger partial charge in [-0.15, -0.1) is 0 Å². The number of fused-ring (bicyclic) bond motifs is 2. The summed E-state index contributed by atoms with van der Waals surface area (Å²) in [5.74, 6) is 1.33. The Balaban J connectivity index is 1.28. The number of carbonyl (C=O) groups excluding carboxylic acids is 1. The minimum absolute atomic E-state index is 0.00654. The van der Waals surface area contributed by atoms with Crippen LogP contribution in [0.5, 0.6) is 5.75 Å². The number of aromatic amines is 1. The second kappa shape index (κ2) is 7.40. The van der Waals surface area contributed by atoms with Gasteiger partial charge in [0.05, 0.1) is 11.8 Å². The van der Waals surface area contributed by atoms with Gasteiger partial charge >= 0.3 is 0 Å². The smallest absolute Gasteiger partial charge is 0.270 e. The zero-order valence-electron chi connectivity index (χ0n) is 17.2. The molecule has 2 aliphatic rings. The molecule has 7 heteroatoms. The van der Waals surface area contributed by atoms with E-state index in [-0.39, 0.29) is 12.0 Å². The van der Waals surface area contributed by atoms with Gasteiger partial charge in [-0.25, -0.2) is 4.98 Å². The monoisotopic (exact) mass is 406 g/mol. The Morgan fingerprint density at radius 3 is 2.77 bits per heavy atom. The highest BCUT2D eigenvalue weighted by atomic mass is 16.5. The normalized spacial score (nSPS) is 26.0. The third-order valence-corrected chi connectivity index (χ3v) is 6.45. The van der Waals surface area contributed by atoms with Crippen LogP contribution >= 0.6 is 0 Å². The fourth-order valence-electron chi connectivity index (χ4n) is 4.89. The molecule has 0 bridgehead atoms. The molecule has 1 saturated carbocycles. The van der Waals surface area contributed by atoms with Crippen molar-refractivity contribution in [3.63, 3.8) is 0 Å². The molecule has 0 radical (unpaired) electrons. The lowest BCUT2D eigenvalue weighted by atomic mass is 9.78. The van der Waals surface area contributed by atoms with Crippen molar-refractivity contribution >= 4 is 16.9 Å². The Morgan fingerprint density at radius 1 is 1.20 bits per heavy atom. The van der Waals surface area contributed by atoms with Crippen molar-refractivity contribution in [2.75, 3.05) is 13.1 Å². The number of carbonyl (C=O) groups is 1. The van der Waals surface area contributed by atoms with E-state index in [9.17, 15) is 9.90 Å². The van der Waals surface area contributed by atoms with E-state index < -0.39 is 6.10 Å². The van der Waals surface area contributed by atoms with E-state index in [1.807, 2.05) is 49.1 Å². The highest BCUT2D eigenvalue weighted by molar-refractivity contribution is 5.97. The van der Waals surface area contributed by atoms with Crippen molar-refractivity contribution in [1.29, 1.82) is 0 Å². The number of amides is 1. The minimum atomic E-state index is -0.542. The summed E-state index contributed by atoms with van der Waals surface area (Å²) in [5, 5.41) is 11.6. The SMILES string of the molecule is Cc1ccc(O[C@@H]2C[C@@H]3CN(C(=O)c4cc5cccnc5[nH]4)C[C@@H]3C[C@H]2O)c(C)n1. The number of aliphatic hydroxyl groups is 1. The second-order valence-electron chi connectivity index (χ2n) is 8.59. The fraction of sp³-hybridized carbons (Fsp3) is 0.435. The number of H-pyrrole nitrogens is 1. The molecule has 1 amide bonds. The lowest BCUT2D eigenvalue weighted by molar-refractivity contribution is -0.0236. The van der Waals surface area contributed by atoms with Crippen molar-refractivity contribution in [2.24, 2.45) is 11.8 Å². The molecule has 2 N–H and O–H groups in total. The van der Waals surface area contributed by atoms with Gasteiger partial charge in [-0.05, 0) is 68.9 Å². The molecule has 30 heavy (non-hydrogen) atoms. The molecule has 156 valence electrons. The molecular weight excluding hydrogens is 380 g/mol. The average molecular weight is 406 g/mol. The van der Waals surface area contributed by atoms with Gasteiger partial charge in [-0.1, -0.05) is 0 Å². The number of aromatic nitrogens is 3. The first kappa shape index (κ1) is 19.1. The number of hydrogen-bond acceptors (Lipinski definition) is 5. The molecule has 3 aromatic heterocycles. The summed E-state index contributed by atoms with van der Waals surface area (Å²) in [6.45, 7) is 5.22. The molecule has 2 fully saturated rings. The van der Waals surface area contributed by atoms with E-state index in [1.54, 1.807) is 6.20 Å². The number of rotatable bonds is 3. The van der Waals surface area contributed by atoms with Crippen molar-refractivity contribution in [1.82, 2.24) is 19.9 Å². The van der Waals surface area contributed by atoms with Crippen LogP contribution in [0.3, 0.4) is 0 Å². The molecule has 0 aromatic carbocycles. The summed E-state index contributed by atoms with van der Waals surface area (Å²) in [7, 11) is 0. The topological polar surface area (TPSA) is 91.3 Å². The minimum Gasteiger partial charge on any atom is -0.486 e. The van der Waals surface area contributed by atoms with Gasteiger partial charge in [0.1, 0.15) is 23.2 Å². The molecule has 4 atom stereocenters. The number of ether oxygens (including phenoxy) is 1. The van der Waals surface area contributed by atoms with Gasteiger partial charge in [0.2, 0.25) is 0 Å². The van der Waals surface area contributed by atoms with Crippen LogP contribution in [0.15, 0.2) is 36.5 Å². The summed E-state index contributed by atoms with van der Waals surface area (Å²) >= 11 is 0. The summed E-state index contributed by atoms with van der Waals surface area (Å²) in [6, 6.07) is 9.51. The van der Waals surface area contributed by atoms with Crippen LogP contribution < -0.4 is 4.74 Å². The zero-order chi connectivity index (χ0) is 20.8. The number of likely N-dealkylation sites (tertiary alicyclic amines) is 1. The van der Waals surface area contributed by atoms with Gasteiger partial charge in [0.25, 0.3) is 5.91 Å². The molecule has 0 spiro atoms. The van der Waals surface area contributed by atoms with Crippen LogP contribution in [0, 0.1) is 25.7 Å². The first-order valence-corrected chi connectivity index (χ1v) is 10.5. The average Bonchev–Trinajstić information content (AvgIpc) is 3.33. The van der Waals surface area contributed by atoms with E-state index in [0.717, 1.165) is 34.6 Å². The molecule has 1 aliphatic carbocycles.